The molecule has 0 aromatic rings. The molecule has 1 fully saturated rings. The standard InChI is InChI=1S/2C6H11NO3.C6H9NO2.C4H5NO3.CH4O.I3.I2/c1-4(3-5(8)9)6(10)7-2;1-4(6(9)10)3-5(8)7-2;1-4-3-5(8)7(2)6(4)9;5-3(6)1-2-4(7)8;1-2;1-3-2;1-2/h4H,3H2,1-2H3,(H,7,10)(H,8,9);4H,3H2,1-2H3,(H,7,8)(H,9,10);4H,3H2,1-2H3;1-2H,(H2,5,6)(H,7,8);2H,1H3;;/q;;;;;-1;. The molecular formula is C23H40I5N4O12-. The third kappa shape index (κ3) is 41.3. The van der Waals surface area contributed by atoms with E-state index in [-0.39, 0.29) is 42.4 Å². The predicted octanol–water partition coefficient (Wildman–Crippen LogP) is -1.03. The average molecular weight is 1200 g/mol. The number of imide groups is 1. The van der Waals surface area contributed by atoms with Crippen LogP contribution >= 0.6 is 74.5 Å². The maximum Gasteiger partial charge on any atom is 0.328 e. The second-order valence-electron chi connectivity index (χ2n) is 7.75. The van der Waals surface area contributed by atoms with Crippen LogP contribution in [-0.2, 0) is 38.4 Å². The molecule has 0 saturated carbocycles. The summed E-state index contributed by atoms with van der Waals surface area (Å²) in [4.78, 5) is 83.5. The van der Waals surface area contributed by atoms with Crippen molar-refractivity contribution in [2.24, 2.45) is 23.5 Å². The van der Waals surface area contributed by atoms with Crippen LogP contribution in [0.5, 0.6) is 0 Å². The minimum absolute atomic E-state index is 0.0475. The molecular weight excluding hydrogens is 1160 g/mol. The summed E-state index contributed by atoms with van der Waals surface area (Å²) in [7, 11) is 5.49. The number of hydrogen-bond acceptors (Lipinski definition) is 9. The van der Waals surface area contributed by atoms with Crippen molar-refractivity contribution in [3.8, 4) is 0 Å². The van der Waals surface area contributed by atoms with Gasteiger partial charge in [0.2, 0.25) is 29.5 Å². The number of aliphatic hydroxyl groups excluding tert-OH is 1. The number of carboxylic acids is 3. The van der Waals surface area contributed by atoms with Crippen LogP contribution in [-0.4, -0.2) is 101 Å². The van der Waals surface area contributed by atoms with Crippen molar-refractivity contribution in [1.82, 2.24) is 15.5 Å². The summed E-state index contributed by atoms with van der Waals surface area (Å²) >= 11 is 9.54. The number of primary amides is 1. The number of carbonyl (C=O) groups is 8. The van der Waals surface area contributed by atoms with Crippen LogP contribution in [0.25, 0.3) is 0 Å². The maximum atomic E-state index is 10.8. The van der Waals surface area contributed by atoms with Gasteiger partial charge in [0.1, 0.15) is 0 Å². The zero-order valence-electron chi connectivity index (χ0n) is 25.0. The van der Waals surface area contributed by atoms with Gasteiger partial charge < -0.3 is 36.8 Å². The fraction of sp³-hybridized carbons (Fsp3) is 0.565. The van der Waals surface area contributed by atoms with E-state index in [1.54, 1.807) is 13.8 Å². The van der Waals surface area contributed by atoms with Crippen molar-refractivity contribution >= 4 is 122 Å². The summed E-state index contributed by atoms with van der Waals surface area (Å²) in [5, 5.41) is 36.2. The molecule has 3 atom stereocenters. The Morgan fingerprint density at radius 2 is 1.39 bits per heavy atom. The molecule has 1 heterocycles. The van der Waals surface area contributed by atoms with Crippen LogP contribution in [0.4, 0.5) is 0 Å². The SMILES string of the molecule is CC1CC(=O)N(C)C1=O.CNC(=O)C(C)CC(=O)O.CNC(=O)CC(C)C(=O)O.CO.II.I[I-]I.NC(=O)C=CC(=O)O. The molecule has 21 heteroatoms. The summed E-state index contributed by atoms with van der Waals surface area (Å²) in [5.74, 6) is -5.55. The minimum atomic E-state index is -1.18. The average Bonchev–Trinajstić information content (AvgIpc) is 3.19. The third-order valence-electron chi connectivity index (χ3n) is 4.36. The summed E-state index contributed by atoms with van der Waals surface area (Å²) in [6, 6.07) is 0. The molecule has 0 aromatic carbocycles. The molecule has 0 bridgehead atoms. The fourth-order valence-electron chi connectivity index (χ4n) is 2.16. The van der Waals surface area contributed by atoms with Gasteiger partial charge in [-0.1, -0.05) is 20.8 Å². The van der Waals surface area contributed by atoms with Crippen molar-refractivity contribution in [1.29, 1.82) is 0 Å². The Bertz CT molecular complexity index is 895. The van der Waals surface area contributed by atoms with Crippen LogP contribution in [0, 0.1) is 17.8 Å². The van der Waals surface area contributed by atoms with Gasteiger partial charge in [0.15, 0.2) is 0 Å². The number of aliphatic hydroxyl groups is 1. The van der Waals surface area contributed by atoms with Crippen LogP contribution in [0.2, 0.25) is 0 Å². The van der Waals surface area contributed by atoms with Crippen LogP contribution < -0.4 is 29.6 Å². The molecule has 1 saturated heterocycles. The van der Waals surface area contributed by atoms with Gasteiger partial charge >= 0.3 is 68.4 Å². The quantitative estimate of drug-likeness (QED) is 0.0874. The van der Waals surface area contributed by atoms with Gasteiger partial charge in [-0.3, -0.25) is 38.5 Å². The molecule has 44 heavy (non-hydrogen) atoms. The monoisotopic (exact) mass is 1200 g/mol. The van der Waals surface area contributed by atoms with Crippen LogP contribution in [0.15, 0.2) is 12.2 Å². The van der Waals surface area contributed by atoms with E-state index < -0.39 is 35.7 Å². The fourth-order valence-corrected chi connectivity index (χ4v) is 2.16. The van der Waals surface area contributed by atoms with Crippen LogP contribution in [0.3, 0.4) is 0 Å². The van der Waals surface area contributed by atoms with Gasteiger partial charge in [-0.25, -0.2) is 4.79 Å². The van der Waals surface area contributed by atoms with Gasteiger partial charge in [-0.2, -0.15) is 0 Å². The van der Waals surface area contributed by atoms with Gasteiger partial charge in [-0.15, -0.1) is 0 Å². The first kappa shape index (κ1) is 55.7. The van der Waals surface area contributed by atoms with Crippen molar-refractivity contribution in [3.63, 3.8) is 0 Å². The second kappa shape index (κ2) is 38.5. The molecule has 1 aliphatic heterocycles. The summed E-state index contributed by atoms with van der Waals surface area (Å²) in [6.07, 6.45) is 1.78. The molecule has 16 nitrogen and oxygen atoms in total. The first-order valence-electron chi connectivity index (χ1n) is 11.7. The Kier molecular flexibility index (Phi) is 48.7. The molecule has 0 aromatic heterocycles. The molecule has 5 amide bonds. The van der Waals surface area contributed by atoms with Crippen molar-refractivity contribution < 1.29 is 72.0 Å². The molecule has 1 aliphatic rings. The number of nitrogens with one attached hydrogen (secondary N) is 2. The Balaban J connectivity index is -0.000000102. The van der Waals surface area contributed by atoms with E-state index in [2.05, 4.69) is 90.8 Å². The van der Waals surface area contributed by atoms with Crippen LogP contribution in [0.1, 0.15) is 40.0 Å². The van der Waals surface area contributed by atoms with E-state index >= 15 is 0 Å². The molecule has 8 N–H and O–H groups in total. The largest absolute Gasteiger partial charge is 0.478 e. The number of hydrogen-bond donors (Lipinski definition) is 7. The molecule has 1 rings (SSSR count). The van der Waals surface area contributed by atoms with Gasteiger partial charge in [0.25, 0.3) is 0 Å². The van der Waals surface area contributed by atoms with E-state index in [9.17, 15) is 38.4 Å². The predicted molar refractivity (Wildman–Crippen MR) is 193 cm³/mol. The number of aliphatic carboxylic acids is 3. The molecule has 260 valence electrons. The zero-order chi connectivity index (χ0) is 36.6. The molecule has 0 spiro atoms. The Hall–Kier alpha value is -0.690. The topological polar surface area (TPSA) is 271 Å². The third-order valence-corrected chi connectivity index (χ3v) is 4.36. The van der Waals surface area contributed by atoms with E-state index in [0.29, 0.717) is 25.8 Å². The van der Waals surface area contributed by atoms with Gasteiger partial charge in [0, 0.05) is 102 Å². The number of nitrogens with two attached hydrogens (primary N) is 1. The molecule has 3 unspecified atom stereocenters. The minimum Gasteiger partial charge on any atom is -0.478 e. The van der Waals surface area contributed by atoms with Gasteiger partial charge in [0.05, 0.1) is 12.3 Å². The van der Waals surface area contributed by atoms with Crippen molar-refractivity contribution in [2.75, 3.05) is 28.3 Å². The second-order valence-corrected chi connectivity index (χ2v) is 24.0. The smallest absolute Gasteiger partial charge is 0.328 e. The number of nitrogens with zero attached hydrogens (tertiary/aromatic N) is 1. The van der Waals surface area contributed by atoms with E-state index in [1.807, 2.05) is 0 Å². The molecule has 0 radical (unpaired) electrons. The Morgan fingerprint density at radius 1 is 0.955 bits per heavy atom. The normalized spacial score (nSPS) is 13.7. The first-order chi connectivity index (χ1) is 20.3. The first-order valence-corrected chi connectivity index (χ1v) is 30.5. The van der Waals surface area contributed by atoms with E-state index in [1.165, 1.54) is 33.0 Å². The summed E-state index contributed by atoms with van der Waals surface area (Å²) < 4.78 is 0. The number of rotatable bonds is 8. The maximum absolute atomic E-state index is 10.8. The van der Waals surface area contributed by atoms with Crippen molar-refractivity contribution in [2.45, 2.75) is 40.0 Å². The van der Waals surface area contributed by atoms with E-state index in [4.69, 9.17) is 20.4 Å². The number of carboxylic acid groups (broad SMARTS) is 3. The Morgan fingerprint density at radius 3 is 1.57 bits per heavy atom. The van der Waals surface area contributed by atoms with Gasteiger partial charge in [-0.05, 0) is 0 Å². The van der Waals surface area contributed by atoms with Crippen molar-refractivity contribution in [3.05, 3.63) is 12.2 Å². The number of amides is 5. The summed E-state index contributed by atoms with van der Waals surface area (Å²) in [5.41, 5.74) is 4.55. The molecule has 0 aliphatic carbocycles. The zero-order valence-corrected chi connectivity index (χ0v) is 35.8. The number of halogens is 5. The van der Waals surface area contributed by atoms with E-state index in [0.717, 1.165) is 13.2 Å². The number of likely N-dealkylation sites (tertiary alicyclic amines) is 1. The number of carbonyl (C=O) groups excluding carboxylic acids is 5. The Labute approximate surface area is 309 Å². The summed E-state index contributed by atoms with van der Waals surface area (Å²) in [6.45, 7) is 4.84.